The van der Waals surface area contributed by atoms with Crippen LogP contribution in [-0.4, -0.2) is 42.5 Å². The van der Waals surface area contributed by atoms with Gasteiger partial charge in [0.2, 0.25) is 5.91 Å². The smallest absolute Gasteiger partial charge is 0.334 e. The number of amides is 1. The van der Waals surface area contributed by atoms with E-state index in [9.17, 15) is 9.59 Å². The van der Waals surface area contributed by atoms with Gasteiger partial charge < -0.3 is 10.1 Å². The number of nitrogens with one attached hydrogen (secondary N) is 1. The SMILES string of the molecule is CC[C@H](C)[C@H](NC(C)=O)C(=O)Oc1ccc2c(c1)C1=C(CCCC1)[C@@H](N(C)CC)C2. The average molecular weight is 413 g/mol. The molecule has 0 saturated heterocycles. The number of esters is 1. The van der Waals surface area contributed by atoms with Crippen molar-refractivity contribution in [2.45, 2.75) is 78.3 Å². The zero-order valence-corrected chi connectivity index (χ0v) is 19.1. The van der Waals surface area contributed by atoms with Gasteiger partial charge in [0.25, 0.3) is 0 Å². The molecule has 0 fully saturated rings. The molecule has 0 saturated carbocycles. The molecule has 0 unspecified atom stereocenters. The zero-order chi connectivity index (χ0) is 21.8. The Kier molecular flexibility index (Phi) is 7.35. The van der Waals surface area contributed by atoms with E-state index >= 15 is 0 Å². The average Bonchev–Trinajstić information content (AvgIpc) is 2.75. The Balaban J connectivity index is 1.88. The molecule has 1 aromatic rings. The predicted molar refractivity (Wildman–Crippen MR) is 120 cm³/mol. The second kappa shape index (κ2) is 9.78. The second-order valence-electron chi connectivity index (χ2n) is 8.81. The molecular formula is C25H36N2O3. The molecule has 0 aliphatic heterocycles. The molecule has 5 nitrogen and oxygen atoms in total. The lowest BCUT2D eigenvalue weighted by atomic mass is 9.75. The van der Waals surface area contributed by atoms with Gasteiger partial charge in [-0.25, -0.2) is 4.79 Å². The number of ether oxygens (including phenoxy) is 1. The highest BCUT2D eigenvalue weighted by Gasteiger charge is 2.32. The van der Waals surface area contributed by atoms with Gasteiger partial charge in [0.1, 0.15) is 11.8 Å². The lowest BCUT2D eigenvalue weighted by Gasteiger charge is -2.38. The van der Waals surface area contributed by atoms with Crippen LogP contribution >= 0.6 is 0 Å². The van der Waals surface area contributed by atoms with Crippen LogP contribution in [0.5, 0.6) is 5.75 Å². The zero-order valence-electron chi connectivity index (χ0n) is 19.1. The van der Waals surface area contributed by atoms with Gasteiger partial charge in [0.05, 0.1) is 0 Å². The second-order valence-corrected chi connectivity index (χ2v) is 8.81. The van der Waals surface area contributed by atoms with Crippen LogP contribution in [0, 0.1) is 5.92 Å². The van der Waals surface area contributed by atoms with Gasteiger partial charge in [-0.1, -0.05) is 33.3 Å². The Morgan fingerprint density at radius 2 is 1.97 bits per heavy atom. The molecule has 2 aliphatic rings. The summed E-state index contributed by atoms with van der Waals surface area (Å²) in [5.41, 5.74) is 5.60. The number of likely N-dealkylation sites (N-methyl/N-ethyl adjacent to an activating group) is 1. The molecule has 3 atom stereocenters. The molecule has 1 N–H and O–H groups in total. The summed E-state index contributed by atoms with van der Waals surface area (Å²) in [6.07, 6.45) is 6.51. The van der Waals surface area contributed by atoms with E-state index in [4.69, 9.17) is 4.74 Å². The predicted octanol–water partition coefficient (Wildman–Crippen LogP) is 4.35. The molecule has 0 spiro atoms. The monoisotopic (exact) mass is 412 g/mol. The Morgan fingerprint density at radius 1 is 1.23 bits per heavy atom. The maximum absolute atomic E-state index is 12.8. The number of allylic oxidation sites excluding steroid dienone is 1. The van der Waals surface area contributed by atoms with Crippen molar-refractivity contribution < 1.29 is 14.3 Å². The first kappa shape index (κ1) is 22.5. The summed E-state index contributed by atoms with van der Waals surface area (Å²) in [6, 6.07) is 5.90. The van der Waals surface area contributed by atoms with Gasteiger partial charge >= 0.3 is 5.97 Å². The maximum Gasteiger partial charge on any atom is 0.334 e. The molecule has 0 aromatic heterocycles. The summed E-state index contributed by atoms with van der Waals surface area (Å²) in [5, 5.41) is 2.75. The van der Waals surface area contributed by atoms with E-state index in [2.05, 4.69) is 30.3 Å². The Labute approximate surface area is 180 Å². The van der Waals surface area contributed by atoms with Crippen LogP contribution in [0.2, 0.25) is 0 Å². The quantitative estimate of drug-likeness (QED) is 0.534. The highest BCUT2D eigenvalue weighted by atomic mass is 16.5. The standard InChI is InChI=1S/C25H36N2O3/c1-6-16(3)24(26-17(4)28)25(29)30-19-13-12-18-14-23(27(5)7-2)21-11-9-8-10-20(21)22(18)15-19/h12-13,15-16,23-24H,6-11,14H2,1-5H3,(H,26,28)/t16-,23-,24-/m0/s1. The van der Waals surface area contributed by atoms with Crippen molar-refractivity contribution in [3.8, 4) is 5.75 Å². The molecule has 30 heavy (non-hydrogen) atoms. The third-order valence-electron chi connectivity index (χ3n) is 6.81. The van der Waals surface area contributed by atoms with Crippen molar-refractivity contribution in [1.29, 1.82) is 0 Å². The number of carbonyl (C=O) groups is 2. The highest BCUT2D eigenvalue weighted by Crippen LogP contribution is 2.42. The van der Waals surface area contributed by atoms with Crippen LogP contribution in [0.3, 0.4) is 0 Å². The van der Waals surface area contributed by atoms with E-state index in [1.54, 1.807) is 5.57 Å². The van der Waals surface area contributed by atoms with Crippen molar-refractivity contribution in [1.82, 2.24) is 10.2 Å². The fourth-order valence-electron chi connectivity index (χ4n) is 4.72. The maximum atomic E-state index is 12.8. The summed E-state index contributed by atoms with van der Waals surface area (Å²) in [4.78, 5) is 26.8. The van der Waals surface area contributed by atoms with E-state index < -0.39 is 12.0 Å². The molecule has 164 valence electrons. The van der Waals surface area contributed by atoms with Crippen LogP contribution in [0.1, 0.15) is 70.9 Å². The molecule has 5 heteroatoms. The molecule has 2 aliphatic carbocycles. The van der Waals surface area contributed by atoms with Crippen molar-refractivity contribution >= 4 is 17.4 Å². The van der Waals surface area contributed by atoms with Crippen LogP contribution < -0.4 is 10.1 Å². The van der Waals surface area contributed by atoms with Gasteiger partial charge in [-0.3, -0.25) is 9.69 Å². The summed E-state index contributed by atoms with van der Waals surface area (Å²) in [6.45, 7) is 8.64. The lowest BCUT2D eigenvalue weighted by molar-refractivity contribution is -0.140. The lowest BCUT2D eigenvalue weighted by Crippen LogP contribution is -2.46. The fourth-order valence-corrected chi connectivity index (χ4v) is 4.72. The summed E-state index contributed by atoms with van der Waals surface area (Å²) in [5.74, 6) is -0.0309. The van der Waals surface area contributed by atoms with E-state index in [0.29, 0.717) is 11.8 Å². The molecular weight excluding hydrogens is 376 g/mol. The van der Waals surface area contributed by atoms with E-state index in [1.165, 1.54) is 36.5 Å². The highest BCUT2D eigenvalue weighted by molar-refractivity contribution is 5.85. The number of hydrogen-bond donors (Lipinski definition) is 1. The van der Waals surface area contributed by atoms with Crippen LogP contribution in [-0.2, 0) is 16.0 Å². The van der Waals surface area contributed by atoms with E-state index in [-0.39, 0.29) is 11.8 Å². The third-order valence-corrected chi connectivity index (χ3v) is 6.81. The van der Waals surface area contributed by atoms with Gasteiger partial charge in [0, 0.05) is 13.0 Å². The topological polar surface area (TPSA) is 58.6 Å². The first-order valence-corrected chi connectivity index (χ1v) is 11.4. The first-order valence-electron chi connectivity index (χ1n) is 11.4. The number of carbonyl (C=O) groups excluding carboxylic acids is 2. The molecule has 0 radical (unpaired) electrons. The number of rotatable bonds is 7. The molecule has 0 bridgehead atoms. The minimum atomic E-state index is -0.629. The van der Waals surface area contributed by atoms with Crippen molar-refractivity contribution in [2.75, 3.05) is 13.6 Å². The van der Waals surface area contributed by atoms with Crippen LogP contribution in [0.25, 0.3) is 5.57 Å². The minimum absolute atomic E-state index is 0.0111. The van der Waals surface area contributed by atoms with E-state index in [0.717, 1.165) is 32.2 Å². The summed E-state index contributed by atoms with van der Waals surface area (Å²) in [7, 11) is 2.21. The van der Waals surface area contributed by atoms with E-state index in [1.807, 2.05) is 26.0 Å². The third kappa shape index (κ3) is 4.77. The normalized spacial score (nSPS) is 20.3. The molecule has 3 rings (SSSR count). The number of nitrogens with zero attached hydrogens (tertiary/aromatic N) is 1. The van der Waals surface area contributed by atoms with Crippen LogP contribution in [0.15, 0.2) is 23.8 Å². The first-order chi connectivity index (χ1) is 14.3. The van der Waals surface area contributed by atoms with Crippen molar-refractivity contribution in [3.63, 3.8) is 0 Å². The number of hydrogen-bond acceptors (Lipinski definition) is 4. The van der Waals surface area contributed by atoms with Gasteiger partial charge in [-0.15, -0.1) is 0 Å². The van der Waals surface area contributed by atoms with Crippen LogP contribution in [0.4, 0.5) is 0 Å². The van der Waals surface area contributed by atoms with Crippen molar-refractivity contribution in [2.24, 2.45) is 5.92 Å². The Bertz CT molecular complexity index is 830. The van der Waals surface area contributed by atoms with Gasteiger partial charge in [0.15, 0.2) is 0 Å². The van der Waals surface area contributed by atoms with Gasteiger partial charge in [-0.2, -0.15) is 0 Å². The minimum Gasteiger partial charge on any atom is -0.425 e. The number of benzene rings is 1. The largest absolute Gasteiger partial charge is 0.425 e. The molecule has 0 heterocycles. The molecule has 1 aromatic carbocycles. The molecule has 1 amide bonds. The summed E-state index contributed by atoms with van der Waals surface area (Å²) < 4.78 is 5.75. The number of fused-ring (bicyclic) bond motifs is 2. The fraction of sp³-hybridized carbons (Fsp3) is 0.600. The van der Waals surface area contributed by atoms with Crippen molar-refractivity contribution in [3.05, 3.63) is 34.9 Å². The van der Waals surface area contributed by atoms with Gasteiger partial charge in [-0.05, 0) is 86.0 Å². The Hall–Kier alpha value is -2.14. The Morgan fingerprint density at radius 3 is 2.63 bits per heavy atom. The summed E-state index contributed by atoms with van der Waals surface area (Å²) >= 11 is 0.